The molecule has 8 atom stereocenters. The van der Waals surface area contributed by atoms with Crippen molar-refractivity contribution in [2.45, 2.75) is 133 Å². The fourth-order valence-corrected chi connectivity index (χ4v) is 12.7. The Balaban J connectivity index is 1.10. The van der Waals surface area contributed by atoms with Gasteiger partial charge in [-0.1, -0.05) is 86.5 Å². The third-order valence-corrected chi connectivity index (χ3v) is 17.9. The van der Waals surface area contributed by atoms with Gasteiger partial charge in [0.2, 0.25) is 41.2 Å². The largest absolute Gasteiger partial charge is 0.508 e. The molecule has 0 saturated carbocycles. The predicted octanol–water partition coefficient (Wildman–Crippen LogP) is 9.00. The zero-order valence-electron chi connectivity index (χ0n) is 55.1. The molecular weight excluding hydrogens is 1370 g/mol. The molecule has 102 heavy (non-hydrogen) atoms. The normalized spacial score (nSPS) is 20.4. The Kier molecular flexibility index (Phi) is 21.1. The van der Waals surface area contributed by atoms with Gasteiger partial charge >= 0.3 is 12.1 Å². The molecule has 13 rings (SSSR count). The van der Waals surface area contributed by atoms with Crippen molar-refractivity contribution < 1.29 is 98.2 Å². The zero-order chi connectivity index (χ0) is 73.2. The van der Waals surface area contributed by atoms with E-state index in [2.05, 4.69) is 49.5 Å². The second kappa shape index (κ2) is 29.9. The molecule has 7 aromatic rings. The average Bonchev–Trinajstić information content (AvgIpc) is 0.759. The van der Waals surface area contributed by atoms with Crippen molar-refractivity contribution in [2.75, 3.05) is 6.54 Å². The lowest BCUT2D eigenvalue weighted by atomic mass is 9.88. The van der Waals surface area contributed by atoms with Crippen LogP contribution in [-0.4, -0.2) is 113 Å². The highest BCUT2D eigenvalue weighted by atomic mass is 35.5. The lowest BCUT2D eigenvalue weighted by Gasteiger charge is -2.31. The number of carbonyl (C=O) groups is 8. The second-order valence-electron chi connectivity index (χ2n) is 25.9. The number of nitrogens with one attached hydrogen (secondary N) is 8. The number of hydrogen-bond acceptors (Lipinski definition) is 20. The summed E-state index contributed by atoms with van der Waals surface area (Å²) in [7, 11) is 0. The number of aliphatic hydroxyl groups is 1. The number of aliphatic hydroxyl groups excluding tert-OH is 1. The molecule has 0 fully saturated rings. The summed E-state index contributed by atoms with van der Waals surface area (Å²) in [4.78, 5) is 120. The Hall–Kier alpha value is -11.2. The van der Waals surface area contributed by atoms with Gasteiger partial charge in [0.1, 0.15) is 88.2 Å². The molecule has 0 aromatic heterocycles. The molecule has 1 unspecified atom stereocenters. The van der Waals surface area contributed by atoms with Crippen molar-refractivity contribution >= 4 is 70.7 Å². The first-order chi connectivity index (χ1) is 48.5. The van der Waals surface area contributed by atoms with Gasteiger partial charge in [-0.2, -0.15) is 0 Å². The maximum absolute atomic E-state index is 16.1. The molecule has 0 aliphatic carbocycles. The lowest BCUT2D eigenvalue weighted by molar-refractivity contribution is -0.143. The number of fused-ring (bicyclic) bond motifs is 14. The fraction of sp³-hybridized carbons (Fsp3) is 0.306. The first kappa shape index (κ1) is 72.1. The number of halogens is 2. The van der Waals surface area contributed by atoms with E-state index in [0.29, 0.717) is 13.0 Å². The van der Waals surface area contributed by atoms with Crippen LogP contribution in [0.5, 0.6) is 69.0 Å². The molecular formula is C72H72Cl2N8O20. The van der Waals surface area contributed by atoms with Crippen molar-refractivity contribution in [3.8, 4) is 80.1 Å². The van der Waals surface area contributed by atoms with Gasteiger partial charge in [0.15, 0.2) is 29.0 Å². The minimum Gasteiger partial charge on any atom is -0.508 e. The third-order valence-electron chi connectivity index (χ3n) is 17.3. The Morgan fingerprint density at radius 3 is 1.82 bits per heavy atom. The van der Waals surface area contributed by atoms with Crippen LogP contribution in [0.4, 0.5) is 4.79 Å². The van der Waals surface area contributed by atoms with Gasteiger partial charge in [-0.3, -0.25) is 28.8 Å². The van der Waals surface area contributed by atoms with E-state index < -0.39 is 171 Å². The first-order valence-corrected chi connectivity index (χ1v) is 33.3. The SMILES string of the molecule is CCCCCCCCNCc1c(O)cc2c(c1O)-c1cc(ccc1O)[C@@H]1NC(=O)[C@H]3NC(=O)[C@H]4NC(=O)[C@H](Cc5ccc(c(Cl)c5)Oc5cc3cc(c5O)Oc3ccc(cc3Cl)C(O)[C@H](NC1=O)C(=O)N[C@@H]2C(=O)O)NC(=O)[C@@H](NC(=O)OC(C)(C)C)c1ccc(O)c(c1)Oc1cc(O)cc4c1. The second-order valence-corrected chi connectivity index (χ2v) is 26.7. The minimum atomic E-state index is -2.23. The number of alkyl carbamates (subject to hydrolysis) is 1. The van der Waals surface area contributed by atoms with Crippen LogP contribution >= 0.6 is 23.2 Å². The first-order valence-electron chi connectivity index (χ1n) is 32.5. The van der Waals surface area contributed by atoms with E-state index in [0.717, 1.165) is 92.8 Å². The van der Waals surface area contributed by atoms with Crippen LogP contribution in [-0.2, 0) is 51.3 Å². The molecule has 7 aromatic carbocycles. The lowest BCUT2D eigenvalue weighted by Crippen LogP contribution is -2.55. The summed E-state index contributed by atoms with van der Waals surface area (Å²) in [5, 5.41) is 115. The Morgan fingerprint density at radius 2 is 1.16 bits per heavy atom. The number of benzene rings is 7. The highest BCUT2D eigenvalue weighted by molar-refractivity contribution is 6.32. The van der Waals surface area contributed by atoms with Crippen LogP contribution in [0, 0.1) is 0 Å². The van der Waals surface area contributed by atoms with Gasteiger partial charge in [-0.15, -0.1) is 0 Å². The summed E-state index contributed by atoms with van der Waals surface area (Å²) < 4.78 is 24.2. The molecule has 6 aliphatic rings. The van der Waals surface area contributed by atoms with Crippen molar-refractivity contribution in [3.63, 3.8) is 0 Å². The summed E-state index contributed by atoms with van der Waals surface area (Å²) in [5.74, 6) is -15.5. The average molecular weight is 1440 g/mol. The molecule has 534 valence electrons. The molecule has 6 heterocycles. The Labute approximate surface area is 592 Å². The molecule has 16 N–H and O–H groups in total. The van der Waals surface area contributed by atoms with E-state index in [4.69, 9.17) is 42.1 Å². The fourth-order valence-electron chi connectivity index (χ4n) is 12.3. The van der Waals surface area contributed by atoms with Crippen LogP contribution in [0.15, 0.2) is 109 Å². The van der Waals surface area contributed by atoms with Gasteiger partial charge in [-0.05, 0) is 146 Å². The number of aliphatic carboxylic acids is 1. The van der Waals surface area contributed by atoms with E-state index in [-0.39, 0.29) is 78.5 Å². The topological polar surface area (TPSA) is 432 Å². The number of rotatable bonds is 11. The number of ether oxygens (including phenoxy) is 4. The third kappa shape index (κ3) is 15.9. The molecule has 0 radical (unpaired) electrons. The molecule has 6 aliphatic heterocycles. The van der Waals surface area contributed by atoms with Gasteiger partial charge in [0.05, 0.1) is 15.6 Å². The smallest absolute Gasteiger partial charge is 0.408 e. The summed E-state index contributed by atoms with van der Waals surface area (Å²) >= 11 is 13.9. The maximum atomic E-state index is 16.1. The van der Waals surface area contributed by atoms with Crippen LogP contribution in [0.2, 0.25) is 10.0 Å². The number of amides is 7. The van der Waals surface area contributed by atoms with Crippen molar-refractivity contribution in [1.29, 1.82) is 0 Å². The summed E-state index contributed by atoms with van der Waals surface area (Å²) in [6.07, 6.45) is 2.01. The van der Waals surface area contributed by atoms with Crippen LogP contribution in [0.1, 0.15) is 147 Å². The molecule has 0 spiro atoms. The summed E-state index contributed by atoms with van der Waals surface area (Å²) in [5.41, 5.74) is -3.53. The van der Waals surface area contributed by atoms with Crippen LogP contribution in [0.3, 0.4) is 0 Å². The van der Waals surface area contributed by atoms with Crippen molar-refractivity contribution in [3.05, 3.63) is 164 Å². The van der Waals surface area contributed by atoms with E-state index in [1.807, 2.05) is 0 Å². The number of phenolic OH excluding ortho intramolecular Hbond substituents is 6. The van der Waals surface area contributed by atoms with E-state index in [9.17, 15) is 60.0 Å². The molecule has 28 nitrogen and oxygen atoms in total. The number of unbranched alkanes of at least 4 members (excludes halogenated alkanes) is 5. The molecule has 30 heteroatoms. The maximum Gasteiger partial charge on any atom is 0.408 e. The number of carboxylic acids is 1. The summed E-state index contributed by atoms with van der Waals surface area (Å²) in [6.45, 7) is 7.03. The van der Waals surface area contributed by atoms with Crippen molar-refractivity contribution in [1.82, 2.24) is 42.5 Å². The van der Waals surface area contributed by atoms with E-state index >= 15 is 19.2 Å². The highest BCUT2D eigenvalue weighted by Crippen LogP contribution is 2.49. The number of carbonyl (C=O) groups excluding carboxylic acids is 7. The predicted molar refractivity (Wildman–Crippen MR) is 365 cm³/mol. The quantitative estimate of drug-likeness (QED) is 0.0537. The monoisotopic (exact) mass is 1440 g/mol. The van der Waals surface area contributed by atoms with Gasteiger partial charge in [0.25, 0.3) is 0 Å². The number of phenols is 6. The van der Waals surface area contributed by atoms with Crippen LogP contribution < -0.4 is 56.7 Å². The van der Waals surface area contributed by atoms with Gasteiger partial charge in [-0.25, -0.2) is 9.59 Å². The van der Waals surface area contributed by atoms with Gasteiger partial charge in [0, 0.05) is 35.7 Å². The van der Waals surface area contributed by atoms with Crippen LogP contribution in [0.25, 0.3) is 11.1 Å². The number of carboxylic acid groups (broad SMARTS) is 1. The molecule has 0 saturated heterocycles. The molecule has 17 bridgehead atoms. The van der Waals surface area contributed by atoms with E-state index in [1.165, 1.54) is 48.5 Å². The Morgan fingerprint density at radius 1 is 0.559 bits per heavy atom. The van der Waals surface area contributed by atoms with Gasteiger partial charge < -0.3 is 102 Å². The minimum absolute atomic E-state index is 0.00850. The highest BCUT2D eigenvalue weighted by Gasteiger charge is 2.42. The van der Waals surface area contributed by atoms with Crippen molar-refractivity contribution in [2.24, 2.45) is 0 Å². The Bertz CT molecular complexity index is 4530. The number of hydrogen-bond donors (Lipinski definition) is 16. The molecule has 7 amide bonds. The summed E-state index contributed by atoms with van der Waals surface area (Å²) in [6, 6.07) is 6.65. The zero-order valence-corrected chi connectivity index (χ0v) is 56.6. The number of aromatic hydroxyl groups is 6. The van der Waals surface area contributed by atoms with E-state index in [1.54, 1.807) is 20.8 Å². The standard InChI is InChI=1S/C72H72Cl2N8O20/c1-5-6-7-8-9-10-19-75-31-42-48(86)30-41-54(62(42)88)40-24-33(12-15-46(40)84)55-66(92)81-60(69(95)80-59(41)70(96)97)61(87)35-14-18-50(44(74)25-35)101-53-28-37-27-52(63(53)89)100-49-17-11-32(20-43(49)73)21-45-64(90)77-57(67(93)79-58(37)68(94)78-55)36-22-38(83)29-39(23-36)99-51-26-34(13-16-47(51)85)56(65(91)76-45)82-71(98)102-72(2,3)4/h11-18,20,22-30,45,55-61,75,83-89H,5-10,19,21,31H2,1-4H3,(H,76,91)(H,77,90)(H,78,94)(H,79,93)(H,80,95)(H,81,92)(H,82,98)(H,96,97)/t45-,55-,56-,57-,58-,59-,60-,61?/m0/s1.